The van der Waals surface area contributed by atoms with Crippen LogP contribution < -0.4 is 0 Å². The van der Waals surface area contributed by atoms with E-state index in [4.69, 9.17) is 5.26 Å². The van der Waals surface area contributed by atoms with Gasteiger partial charge in [-0.25, -0.2) is 4.39 Å². The van der Waals surface area contributed by atoms with Gasteiger partial charge >= 0.3 is 0 Å². The molecule has 3 heteroatoms. The standard InChI is InChI=1S/C9H8FNS/c1-2-12-9-4-3-7(6-11)5-8(9)10/h3-5H,2H2,1H3. The van der Waals surface area contributed by atoms with Crippen molar-refractivity contribution in [2.24, 2.45) is 0 Å². The van der Waals surface area contributed by atoms with Crippen LogP contribution in [-0.4, -0.2) is 5.75 Å². The number of benzene rings is 1. The van der Waals surface area contributed by atoms with E-state index < -0.39 is 0 Å². The van der Waals surface area contributed by atoms with Crippen LogP contribution in [0.5, 0.6) is 0 Å². The summed E-state index contributed by atoms with van der Waals surface area (Å²) in [7, 11) is 0. The van der Waals surface area contributed by atoms with Crippen LogP contribution in [0.1, 0.15) is 12.5 Å². The number of hydrogen-bond acceptors (Lipinski definition) is 2. The number of hydrogen-bond donors (Lipinski definition) is 0. The van der Waals surface area contributed by atoms with E-state index in [1.807, 2.05) is 13.0 Å². The third-order valence-electron chi connectivity index (χ3n) is 1.36. The number of nitrogens with zero attached hydrogens (tertiary/aromatic N) is 1. The molecule has 12 heavy (non-hydrogen) atoms. The first kappa shape index (κ1) is 9.08. The van der Waals surface area contributed by atoms with Gasteiger partial charge in [0.25, 0.3) is 0 Å². The first-order valence-corrected chi connectivity index (χ1v) is 4.59. The second kappa shape index (κ2) is 4.13. The molecular weight excluding hydrogens is 173 g/mol. The van der Waals surface area contributed by atoms with Gasteiger partial charge in [-0.05, 0) is 24.0 Å². The lowest BCUT2D eigenvalue weighted by Gasteiger charge is -1.99. The molecule has 0 heterocycles. The number of rotatable bonds is 2. The molecule has 0 aliphatic rings. The van der Waals surface area contributed by atoms with Crippen molar-refractivity contribution < 1.29 is 4.39 Å². The van der Waals surface area contributed by atoms with Gasteiger partial charge in [-0.15, -0.1) is 11.8 Å². The topological polar surface area (TPSA) is 23.8 Å². The van der Waals surface area contributed by atoms with E-state index in [-0.39, 0.29) is 5.82 Å². The molecule has 1 aromatic rings. The van der Waals surface area contributed by atoms with Crippen LogP contribution in [-0.2, 0) is 0 Å². The maximum absolute atomic E-state index is 13.1. The lowest BCUT2D eigenvalue weighted by molar-refractivity contribution is 0.601. The SMILES string of the molecule is CCSc1ccc(C#N)cc1F. The van der Waals surface area contributed by atoms with Gasteiger partial charge in [0.2, 0.25) is 0 Å². The Balaban J connectivity index is 2.97. The van der Waals surface area contributed by atoms with Crippen LogP contribution in [0.3, 0.4) is 0 Å². The molecule has 0 unspecified atom stereocenters. The second-order valence-electron chi connectivity index (χ2n) is 2.19. The zero-order chi connectivity index (χ0) is 8.97. The Bertz CT molecular complexity index is 317. The third kappa shape index (κ3) is 1.99. The molecule has 0 saturated carbocycles. The van der Waals surface area contributed by atoms with Gasteiger partial charge in [-0.3, -0.25) is 0 Å². The third-order valence-corrected chi connectivity index (χ3v) is 2.29. The number of halogens is 1. The first-order valence-electron chi connectivity index (χ1n) is 3.60. The van der Waals surface area contributed by atoms with Crippen LogP contribution in [0, 0.1) is 17.1 Å². The summed E-state index contributed by atoms with van der Waals surface area (Å²) in [6.07, 6.45) is 0. The molecule has 1 nitrogen and oxygen atoms in total. The second-order valence-corrected chi connectivity index (χ2v) is 3.50. The van der Waals surface area contributed by atoms with Crippen molar-refractivity contribution in [1.29, 1.82) is 5.26 Å². The smallest absolute Gasteiger partial charge is 0.138 e. The summed E-state index contributed by atoms with van der Waals surface area (Å²) in [4.78, 5) is 0.608. The molecule has 1 aromatic carbocycles. The minimum Gasteiger partial charge on any atom is -0.206 e. The van der Waals surface area contributed by atoms with E-state index in [1.165, 1.54) is 17.8 Å². The van der Waals surface area contributed by atoms with Crippen molar-refractivity contribution in [1.82, 2.24) is 0 Å². The zero-order valence-corrected chi connectivity index (χ0v) is 7.49. The predicted octanol–water partition coefficient (Wildman–Crippen LogP) is 2.81. The van der Waals surface area contributed by atoms with Crippen molar-refractivity contribution in [2.75, 3.05) is 5.75 Å². The van der Waals surface area contributed by atoms with E-state index in [9.17, 15) is 4.39 Å². The Kier molecular flexibility index (Phi) is 3.12. The van der Waals surface area contributed by atoms with Crippen LogP contribution in [0.25, 0.3) is 0 Å². The largest absolute Gasteiger partial charge is 0.206 e. The van der Waals surface area contributed by atoms with E-state index >= 15 is 0 Å². The fraction of sp³-hybridized carbons (Fsp3) is 0.222. The van der Waals surface area contributed by atoms with E-state index in [0.717, 1.165) is 5.75 Å². The van der Waals surface area contributed by atoms with Crippen molar-refractivity contribution in [3.05, 3.63) is 29.6 Å². The molecule has 0 aliphatic heterocycles. The normalized spacial score (nSPS) is 9.42. The number of nitriles is 1. The summed E-state index contributed by atoms with van der Waals surface area (Å²) in [5.41, 5.74) is 0.368. The molecule has 0 saturated heterocycles. The maximum atomic E-state index is 13.1. The highest BCUT2D eigenvalue weighted by Crippen LogP contribution is 2.21. The average molecular weight is 181 g/mol. The molecule has 0 aliphatic carbocycles. The fourth-order valence-electron chi connectivity index (χ4n) is 0.843. The van der Waals surface area contributed by atoms with Crippen LogP contribution >= 0.6 is 11.8 Å². The zero-order valence-electron chi connectivity index (χ0n) is 6.67. The first-order chi connectivity index (χ1) is 5.77. The molecule has 0 aromatic heterocycles. The minimum atomic E-state index is -0.305. The molecule has 0 N–H and O–H groups in total. The monoisotopic (exact) mass is 181 g/mol. The molecule has 62 valence electrons. The molecular formula is C9H8FNS. The molecule has 0 atom stereocenters. The molecule has 1 rings (SSSR count). The van der Waals surface area contributed by atoms with Gasteiger partial charge in [-0.2, -0.15) is 5.26 Å². The highest BCUT2D eigenvalue weighted by molar-refractivity contribution is 7.99. The van der Waals surface area contributed by atoms with Gasteiger partial charge in [0, 0.05) is 4.90 Å². The molecule has 0 bridgehead atoms. The Morgan fingerprint density at radius 3 is 2.83 bits per heavy atom. The Morgan fingerprint density at radius 1 is 1.58 bits per heavy atom. The van der Waals surface area contributed by atoms with Crippen LogP contribution in [0.15, 0.2) is 23.1 Å². The molecule has 0 radical (unpaired) electrons. The molecule has 0 spiro atoms. The van der Waals surface area contributed by atoms with Crippen molar-refractivity contribution in [3.63, 3.8) is 0 Å². The fourth-order valence-corrected chi connectivity index (χ4v) is 1.52. The van der Waals surface area contributed by atoms with E-state index in [0.29, 0.717) is 10.5 Å². The Hall–Kier alpha value is -1.01. The number of thioether (sulfide) groups is 1. The van der Waals surface area contributed by atoms with E-state index in [2.05, 4.69) is 0 Å². The summed E-state index contributed by atoms with van der Waals surface area (Å²) in [5, 5.41) is 8.46. The lowest BCUT2D eigenvalue weighted by Crippen LogP contribution is -1.83. The van der Waals surface area contributed by atoms with E-state index in [1.54, 1.807) is 12.1 Å². The highest BCUT2D eigenvalue weighted by atomic mass is 32.2. The van der Waals surface area contributed by atoms with Gasteiger partial charge in [0.1, 0.15) is 5.82 Å². The van der Waals surface area contributed by atoms with Crippen LogP contribution in [0.2, 0.25) is 0 Å². The summed E-state index contributed by atoms with van der Waals surface area (Å²) >= 11 is 1.44. The Morgan fingerprint density at radius 2 is 2.33 bits per heavy atom. The average Bonchev–Trinajstić information content (AvgIpc) is 2.09. The summed E-state index contributed by atoms with van der Waals surface area (Å²) < 4.78 is 13.1. The van der Waals surface area contributed by atoms with Crippen molar-refractivity contribution in [3.8, 4) is 6.07 Å². The summed E-state index contributed by atoms with van der Waals surface area (Å²) in [6.45, 7) is 1.96. The highest BCUT2D eigenvalue weighted by Gasteiger charge is 2.01. The summed E-state index contributed by atoms with van der Waals surface area (Å²) in [6, 6.07) is 6.42. The quantitative estimate of drug-likeness (QED) is 0.655. The summed E-state index contributed by atoms with van der Waals surface area (Å²) in [5.74, 6) is 0.531. The van der Waals surface area contributed by atoms with Gasteiger partial charge in [0.05, 0.1) is 11.6 Å². The molecule has 0 fully saturated rings. The minimum absolute atomic E-state index is 0.305. The van der Waals surface area contributed by atoms with Gasteiger partial charge < -0.3 is 0 Å². The maximum Gasteiger partial charge on any atom is 0.138 e. The van der Waals surface area contributed by atoms with Gasteiger partial charge in [0.15, 0.2) is 0 Å². The van der Waals surface area contributed by atoms with Crippen molar-refractivity contribution >= 4 is 11.8 Å². The van der Waals surface area contributed by atoms with Gasteiger partial charge in [-0.1, -0.05) is 6.92 Å². The lowest BCUT2D eigenvalue weighted by atomic mass is 10.2. The Labute approximate surface area is 75.2 Å². The predicted molar refractivity (Wildman–Crippen MR) is 47.5 cm³/mol. The van der Waals surface area contributed by atoms with Crippen molar-refractivity contribution in [2.45, 2.75) is 11.8 Å². The molecule has 0 amide bonds. The van der Waals surface area contributed by atoms with Crippen LogP contribution in [0.4, 0.5) is 4.39 Å².